The maximum absolute atomic E-state index is 5.25. The first-order chi connectivity index (χ1) is 8.92. The third-order valence-electron chi connectivity index (χ3n) is 2.45. The van der Waals surface area contributed by atoms with Gasteiger partial charge < -0.3 is 10.1 Å². The molecule has 18 heavy (non-hydrogen) atoms. The number of tetrazole rings is 1. The summed E-state index contributed by atoms with van der Waals surface area (Å²) in [6.45, 7) is 4.83. The fraction of sp³-hybridized carbons (Fsp3) is 0.417. The van der Waals surface area contributed by atoms with Crippen LogP contribution in [0.2, 0.25) is 0 Å². The summed E-state index contributed by atoms with van der Waals surface area (Å²) < 4.78 is 6.98. The first kappa shape index (κ1) is 12.7. The zero-order valence-corrected chi connectivity index (χ0v) is 10.4. The summed E-state index contributed by atoms with van der Waals surface area (Å²) in [4.78, 5) is 0. The van der Waals surface area contributed by atoms with Crippen LogP contribution in [0.15, 0.2) is 30.3 Å². The van der Waals surface area contributed by atoms with Crippen molar-refractivity contribution >= 4 is 0 Å². The molecule has 96 valence electrons. The highest BCUT2D eigenvalue weighted by Crippen LogP contribution is 2.06. The fourth-order valence-corrected chi connectivity index (χ4v) is 1.57. The van der Waals surface area contributed by atoms with Crippen LogP contribution in [0.1, 0.15) is 12.7 Å². The number of nitrogens with zero attached hydrogens (tertiary/aromatic N) is 4. The minimum atomic E-state index is 0.620. The van der Waals surface area contributed by atoms with Crippen molar-refractivity contribution in [3.05, 3.63) is 36.2 Å². The van der Waals surface area contributed by atoms with Gasteiger partial charge in [0.2, 0.25) is 0 Å². The number of hydrogen-bond donors (Lipinski definition) is 1. The lowest BCUT2D eigenvalue weighted by Gasteiger charge is -2.06. The molecule has 0 amide bonds. The summed E-state index contributed by atoms with van der Waals surface area (Å²) in [6.07, 6.45) is 0. The molecule has 6 nitrogen and oxygen atoms in total. The molecular formula is C12H17N5O. The van der Waals surface area contributed by atoms with Crippen LogP contribution in [-0.4, -0.2) is 40.0 Å². The average Bonchev–Trinajstić information content (AvgIpc) is 2.88. The van der Waals surface area contributed by atoms with E-state index in [9.17, 15) is 0 Å². The highest BCUT2D eigenvalue weighted by Gasteiger charge is 2.06. The quantitative estimate of drug-likeness (QED) is 0.733. The van der Waals surface area contributed by atoms with E-state index in [-0.39, 0.29) is 0 Å². The van der Waals surface area contributed by atoms with E-state index in [0.29, 0.717) is 13.2 Å². The van der Waals surface area contributed by atoms with E-state index in [2.05, 4.69) is 20.8 Å². The average molecular weight is 247 g/mol. The van der Waals surface area contributed by atoms with Crippen LogP contribution in [0.3, 0.4) is 0 Å². The van der Waals surface area contributed by atoms with E-state index in [4.69, 9.17) is 4.74 Å². The SMILES string of the molecule is CCOCCNCc1nnnn1-c1ccccc1. The highest BCUT2D eigenvalue weighted by molar-refractivity contribution is 5.30. The largest absolute Gasteiger partial charge is 0.380 e. The van der Waals surface area contributed by atoms with Gasteiger partial charge in [0.1, 0.15) is 0 Å². The molecule has 1 heterocycles. The maximum Gasteiger partial charge on any atom is 0.170 e. The summed E-state index contributed by atoms with van der Waals surface area (Å²) in [6, 6.07) is 9.83. The molecule has 0 atom stereocenters. The van der Waals surface area contributed by atoms with Gasteiger partial charge in [0, 0.05) is 13.2 Å². The predicted octanol–water partition coefficient (Wildman–Crippen LogP) is 0.788. The minimum absolute atomic E-state index is 0.620. The summed E-state index contributed by atoms with van der Waals surface area (Å²) in [5.41, 5.74) is 0.962. The Kier molecular flexibility index (Phi) is 4.80. The summed E-state index contributed by atoms with van der Waals surface area (Å²) in [5, 5.41) is 14.9. The Morgan fingerprint density at radius 3 is 2.89 bits per heavy atom. The van der Waals surface area contributed by atoms with E-state index in [1.54, 1.807) is 4.68 Å². The van der Waals surface area contributed by atoms with E-state index in [0.717, 1.165) is 24.7 Å². The molecule has 0 bridgehead atoms. The van der Waals surface area contributed by atoms with Crippen LogP contribution in [0.5, 0.6) is 0 Å². The number of rotatable bonds is 7. The topological polar surface area (TPSA) is 64.9 Å². The molecule has 0 saturated heterocycles. The molecule has 0 fully saturated rings. The second-order valence-corrected chi connectivity index (χ2v) is 3.72. The Hall–Kier alpha value is -1.79. The molecule has 0 aliphatic carbocycles. The molecule has 1 aromatic heterocycles. The molecule has 2 aromatic rings. The lowest BCUT2D eigenvalue weighted by atomic mass is 10.3. The molecule has 0 spiro atoms. The molecule has 0 radical (unpaired) electrons. The van der Waals surface area contributed by atoms with E-state index in [1.165, 1.54) is 0 Å². The Labute approximate surface area is 106 Å². The smallest absolute Gasteiger partial charge is 0.170 e. The second kappa shape index (κ2) is 6.83. The van der Waals surface area contributed by atoms with E-state index >= 15 is 0 Å². The number of ether oxygens (including phenoxy) is 1. The molecule has 0 unspecified atom stereocenters. The van der Waals surface area contributed by atoms with Gasteiger partial charge in [-0.15, -0.1) is 5.10 Å². The van der Waals surface area contributed by atoms with Crippen LogP contribution >= 0.6 is 0 Å². The van der Waals surface area contributed by atoms with Gasteiger partial charge in [-0.3, -0.25) is 0 Å². The van der Waals surface area contributed by atoms with Crippen LogP contribution < -0.4 is 5.32 Å². The first-order valence-electron chi connectivity index (χ1n) is 6.03. The minimum Gasteiger partial charge on any atom is -0.380 e. The number of benzene rings is 1. The molecule has 0 aliphatic heterocycles. The van der Waals surface area contributed by atoms with E-state index in [1.807, 2.05) is 37.3 Å². The Bertz CT molecular complexity index is 457. The van der Waals surface area contributed by atoms with Gasteiger partial charge in [-0.2, -0.15) is 4.68 Å². The van der Waals surface area contributed by atoms with Crippen LogP contribution in [0, 0.1) is 0 Å². The molecule has 2 rings (SSSR count). The van der Waals surface area contributed by atoms with Gasteiger partial charge in [-0.25, -0.2) is 0 Å². The van der Waals surface area contributed by atoms with Crippen molar-refractivity contribution in [1.29, 1.82) is 0 Å². The zero-order valence-electron chi connectivity index (χ0n) is 10.4. The third-order valence-corrected chi connectivity index (χ3v) is 2.45. The third kappa shape index (κ3) is 3.35. The Balaban J connectivity index is 1.92. The molecule has 0 aliphatic rings. The van der Waals surface area contributed by atoms with Gasteiger partial charge in [0.15, 0.2) is 5.82 Å². The number of para-hydroxylation sites is 1. The van der Waals surface area contributed by atoms with Crippen molar-refractivity contribution in [2.24, 2.45) is 0 Å². The zero-order chi connectivity index (χ0) is 12.6. The van der Waals surface area contributed by atoms with E-state index < -0.39 is 0 Å². The first-order valence-corrected chi connectivity index (χ1v) is 6.03. The van der Waals surface area contributed by atoms with Crippen molar-refractivity contribution in [2.45, 2.75) is 13.5 Å². The van der Waals surface area contributed by atoms with Crippen molar-refractivity contribution in [1.82, 2.24) is 25.5 Å². The predicted molar refractivity (Wildman–Crippen MR) is 67.4 cm³/mol. The van der Waals surface area contributed by atoms with Crippen LogP contribution in [0.25, 0.3) is 5.69 Å². The van der Waals surface area contributed by atoms with Crippen molar-refractivity contribution < 1.29 is 4.74 Å². The lowest BCUT2D eigenvalue weighted by Crippen LogP contribution is -2.21. The number of hydrogen-bond acceptors (Lipinski definition) is 5. The van der Waals surface area contributed by atoms with Crippen LogP contribution in [-0.2, 0) is 11.3 Å². The van der Waals surface area contributed by atoms with Crippen molar-refractivity contribution in [3.8, 4) is 5.69 Å². The molecular weight excluding hydrogens is 230 g/mol. The number of nitrogens with one attached hydrogen (secondary N) is 1. The molecule has 1 N–H and O–H groups in total. The summed E-state index contributed by atoms with van der Waals surface area (Å²) >= 11 is 0. The summed E-state index contributed by atoms with van der Waals surface area (Å²) in [5.74, 6) is 0.790. The number of aromatic nitrogens is 4. The van der Waals surface area contributed by atoms with Crippen LogP contribution in [0.4, 0.5) is 0 Å². The Morgan fingerprint density at radius 2 is 2.11 bits per heavy atom. The normalized spacial score (nSPS) is 10.7. The molecule has 1 aromatic carbocycles. The molecule has 6 heteroatoms. The highest BCUT2D eigenvalue weighted by atomic mass is 16.5. The molecule has 0 saturated carbocycles. The van der Waals surface area contributed by atoms with Gasteiger partial charge in [0.25, 0.3) is 0 Å². The van der Waals surface area contributed by atoms with Gasteiger partial charge in [-0.05, 0) is 29.5 Å². The lowest BCUT2D eigenvalue weighted by molar-refractivity contribution is 0.149. The van der Waals surface area contributed by atoms with Gasteiger partial charge in [-0.1, -0.05) is 18.2 Å². The second-order valence-electron chi connectivity index (χ2n) is 3.72. The summed E-state index contributed by atoms with van der Waals surface area (Å²) in [7, 11) is 0. The van der Waals surface area contributed by atoms with Crippen molar-refractivity contribution in [2.75, 3.05) is 19.8 Å². The Morgan fingerprint density at radius 1 is 1.28 bits per heavy atom. The standard InChI is InChI=1S/C12H17N5O/c1-2-18-9-8-13-10-12-14-15-16-17(12)11-6-4-3-5-7-11/h3-7,13H,2,8-10H2,1H3. The van der Waals surface area contributed by atoms with Gasteiger partial charge in [0.05, 0.1) is 18.8 Å². The monoisotopic (exact) mass is 247 g/mol. The van der Waals surface area contributed by atoms with Crippen molar-refractivity contribution in [3.63, 3.8) is 0 Å². The van der Waals surface area contributed by atoms with Gasteiger partial charge >= 0.3 is 0 Å². The fourth-order valence-electron chi connectivity index (χ4n) is 1.57. The maximum atomic E-state index is 5.25.